The number of hydrogen-bond donors (Lipinski definition) is 0. The summed E-state index contributed by atoms with van der Waals surface area (Å²) in [5, 5.41) is 0.782. The maximum atomic E-state index is 12.1. The van der Waals surface area contributed by atoms with E-state index in [1.54, 1.807) is 7.11 Å². The molecule has 2 heterocycles. The van der Waals surface area contributed by atoms with Crippen LogP contribution in [0.2, 0.25) is 0 Å². The topological polar surface area (TPSA) is 51.1 Å². The van der Waals surface area contributed by atoms with Gasteiger partial charge in [0, 0.05) is 13.1 Å². The van der Waals surface area contributed by atoms with Crippen molar-refractivity contribution in [3.63, 3.8) is 0 Å². The minimum Gasteiger partial charge on any atom is -0.497 e. The number of nitrogens with zero attached hydrogens (tertiary/aromatic N) is 2. The molecule has 0 radical (unpaired) electrons. The number of carbonyl (C=O) groups excluding carboxylic acids is 1. The zero-order valence-corrected chi connectivity index (χ0v) is 14.6. The van der Waals surface area contributed by atoms with Crippen LogP contribution in [0.4, 0.5) is 0 Å². The van der Waals surface area contributed by atoms with Crippen LogP contribution >= 0.6 is 11.8 Å². The SMILES string of the molecule is COc1ccc(C(C)=CC=C2SC(N3CCOCC3)=NC2=O)cc1. The van der Waals surface area contributed by atoms with Crippen molar-refractivity contribution in [1.29, 1.82) is 0 Å². The molecule has 0 bridgehead atoms. The van der Waals surface area contributed by atoms with Gasteiger partial charge in [0.25, 0.3) is 5.91 Å². The highest BCUT2D eigenvalue weighted by atomic mass is 32.2. The number of amides is 1. The predicted octanol–water partition coefficient (Wildman–Crippen LogP) is 2.94. The van der Waals surface area contributed by atoms with Crippen LogP contribution in [0.3, 0.4) is 0 Å². The van der Waals surface area contributed by atoms with E-state index in [0.717, 1.165) is 35.1 Å². The molecule has 0 aliphatic carbocycles. The third-order valence-electron chi connectivity index (χ3n) is 3.92. The Bertz CT molecular complexity index is 701. The van der Waals surface area contributed by atoms with Crippen molar-refractivity contribution in [2.24, 2.45) is 4.99 Å². The van der Waals surface area contributed by atoms with E-state index in [-0.39, 0.29) is 5.91 Å². The summed E-state index contributed by atoms with van der Waals surface area (Å²) >= 11 is 1.44. The molecular weight excluding hydrogens is 324 g/mol. The number of benzene rings is 1. The number of ether oxygens (including phenoxy) is 2. The van der Waals surface area contributed by atoms with E-state index >= 15 is 0 Å². The molecule has 126 valence electrons. The maximum absolute atomic E-state index is 12.1. The van der Waals surface area contributed by atoms with E-state index in [0.29, 0.717) is 18.1 Å². The number of thioether (sulfide) groups is 1. The maximum Gasteiger partial charge on any atom is 0.286 e. The number of hydrogen-bond acceptors (Lipinski definition) is 5. The standard InChI is InChI=1S/C18H20N2O3S/c1-13(14-4-6-15(22-2)7-5-14)3-8-16-17(21)19-18(24-16)20-9-11-23-12-10-20/h3-8H,9-12H2,1-2H3. The predicted molar refractivity (Wildman–Crippen MR) is 97.2 cm³/mol. The molecule has 2 aliphatic heterocycles. The molecule has 24 heavy (non-hydrogen) atoms. The number of rotatable bonds is 3. The fraction of sp³-hybridized carbons (Fsp3) is 0.333. The van der Waals surface area contributed by atoms with Gasteiger partial charge in [-0.2, -0.15) is 4.99 Å². The van der Waals surface area contributed by atoms with Gasteiger partial charge in [-0.05, 0) is 48.0 Å². The highest BCUT2D eigenvalue weighted by Crippen LogP contribution is 2.29. The van der Waals surface area contributed by atoms with E-state index in [2.05, 4.69) is 9.89 Å². The molecule has 0 N–H and O–H groups in total. The Balaban J connectivity index is 1.68. The lowest BCUT2D eigenvalue weighted by Gasteiger charge is -2.27. The van der Waals surface area contributed by atoms with Gasteiger partial charge < -0.3 is 14.4 Å². The van der Waals surface area contributed by atoms with Crippen LogP contribution in [0.25, 0.3) is 5.57 Å². The van der Waals surface area contributed by atoms with Crippen LogP contribution in [0.1, 0.15) is 12.5 Å². The van der Waals surface area contributed by atoms with Crippen LogP contribution in [0, 0.1) is 0 Å². The Hall–Kier alpha value is -2.05. The molecule has 1 amide bonds. The largest absolute Gasteiger partial charge is 0.497 e. The minimum absolute atomic E-state index is 0.166. The van der Waals surface area contributed by atoms with Crippen molar-refractivity contribution < 1.29 is 14.3 Å². The first-order chi connectivity index (χ1) is 11.7. The summed E-state index contributed by atoms with van der Waals surface area (Å²) in [6, 6.07) is 7.86. The van der Waals surface area contributed by atoms with E-state index in [9.17, 15) is 4.79 Å². The summed E-state index contributed by atoms with van der Waals surface area (Å²) in [4.78, 5) is 19.0. The Kier molecular flexibility index (Phi) is 5.37. The Morgan fingerprint density at radius 2 is 2.00 bits per heavy atom. The monoisotopic (exact) mass is 344 g/mol. The Morgan fingerprint density at radius 1 is 1.29 bits per heavy atom. The van der Waals surface area contributed by atoms with Crippen LogP contribution in [0.5, 0.6) is 5.75 Å². The highest BCUT2D eigenvalue weighted by Gasteiger charge is 2.26. The molecule has 1 aromatic carbocycles. The summed E-state index contributed by atoms with van der Waals surface area (Å²) in [5.74, 6) is 0.662. The summed E-state index contributed by atoms with van der Waals surface area (Å²) in [5.41, 5.74) is 2.18. The molecule has 0 unspecified atom stereocenters. The van der Waals surface area contributed by atoms with Crippen molar-refractivity contribution in [1.82, 2.24) is 4.90 Å². The van der Waals surface area contributed by atoms with E-state index < -0.39 is 0 Å². The number of carbonyl (C=O) groups is 1. The van der Waals surface area contributed by atoms with Gasteiger partial charge in [0.1, 0.15) is 5.75 Å². The molecule has 6 heteroatoms. The van der Waals surface area contributed by atoms with Gasteiger partial charge in [0.15, 0.2) is 5.17 Å². The average molecular weight is 344 g/mol. The van der Waals surface area contributed by atoms with Gasteiger partial charge in [-0.15, -0.1) is 0 Å². The number of amidine groups is 1. The summed E-state index contributed by atoms with van der Waals surface area (Å²) < 4.78 is 10.5. The zero-order chi connectivity index (χ0) is 16.9. The normalized spacial score (nSPS) is 20.5. The highest BCUT2D eigenvalue weighted by molar-refractivity contribution is 8.18. The van der Waals surface area contributed by atoms with Gasteiger partial charge in [-0.1, -0.05) is 18.2 Å². The first kappa shape index (κ1) is 16.8. The molecule has 1 saturated heterocycles. The van der Waals surface area contributed by atoms with Crippen molar-refractivity contribution in [3.05, 3.63) is 46.9 Å². The third kappa shape index (κ3) is 3.88. The third-order valence-corrected chi connectivity index (χ3v) is 4.98. The lowest BCUT2D eigenvalue weighted by Crippen LogP contribution is -2.38. The molecular formula is C18H20N2O3S. The second kappa shape index (κ2) is 7.68. The molecule has 5 nitrogen and oxygen atoms in total. The lowest BCUT2D eigenvalue weighted by atomic mass is 10.1. The number of aliphatic imine (C=N–C) groups is 1. The number of methoxy groups -OCH3 is 1. The zero-order valence-electron chi connectivity index (χ0n) is 13.8. The first-order valence-corrected chi connectivity index (χ1v) is 8.65. The van der Waals surface area contributed by atoms with Crippen molar-refractivity contribution in [3.8, 4) is 5.75 Å². The van der Waals surface area contributed by atoms with Crippen LogP contribution in [0.15, 0.2) is 46.3 Å². The molecule has 0 atom stereocenters. The van der Waals surface area contributed by atoms with Gasteiger partial charge in [0.05, 0.1) is 25.2 Å². The number of morpholine rings is 1. The second-order valence-corrected chi connectivity index (χ2v) is 6.52. The Morgan fingerprint density at radius 3 is 2.67 bits per heavy atom. The van der Waals surface area contributed by atoms with Gasteiger partial charge in [-0.25, -0.2) is 0 Å². The summed E-state index contributed by atoms with van der Waals surface area (Å²) in [6.07, 6.45) is 3.81. The molecule has 3 rings (SSSR count). The molecule has 1 fully saturated rings. The van der Waals surface area contributed by atoms with Crippen molar-refractivity contribution in [2.45, 2.75) is 6.92 Å². The van der Waals surface area contributed by atoms with Crippen LogP contribution < -0.4 is 4.74 Å². The molecule has 0 saturated carbocycles. The second-order valence-electron chi connectivity index (χ2n) is 5.51. The van der Waals surface area contributed by atoms with Gasteiger partial charge in [0.2, 0.25) is 0 Å². The molecule has 0 spiro atoms. The van der Waals surface area contributed by atoms with Crippen LogP contribution in [-0.4, -0.2) is 49.4 Å². The van der Waals surface area contributed by atoms with Crippen molar-refractivity contribution in [2.75, 3.05) is 33.4 Å². The molecule has 2 aliphatic rings. The Labute approximate surface area is 146 Å². The van der Waals surface area contributed by atoms with Gasteiger partial charge >= 0.3 is 0 Å². The summed E-state index contributed by atoms with van der Waals surface area (Å²) in [7, 11) is 1.65. The molecule has 0 aromatic heterocycles. The van der Waals surface area contributed by atoms with Crippen molar-refractivity contribution >= 4 is 28.4 Å². The van der Waals surface area contributed by atoms with E-state index in [1.165, 1.54) is 11.8 Å². The van der Waals surface area contributed by atoms with E-state index in [4.69, 9.17) is 9.47 Å². The fourth-order valence-electron chi connectivity index (χ4n) is 2.45. The summed E-state index contributed by atoms with van der Waals surface area (Å²) in [6.45, 7) is 4.96. The van der Waals surface area contributed by atoms with Gasteiger partial charge in [-0.3, -0.25) is 4.79 Å². The number of allylic oxidation sites excluding steroid dienone is 3. The first-order valence-electron chi connectivity index (χ1n) is 7.84. The average Bonchev–Trinajstić information content (AvgIpc) is 3.01. The fourth-order valence-corrected chi connectivity index (χ4v) is 3.36. The quantitative estimate of drug-likeness (QED) is 0.789. The molecule has 1 aromatic rings. The smallest absolute Gasteiger partial charge is 0.286 e. The lowest BCUT2D eigenvalue weighted by molar-refractivity contribution is -0.113. The van der Waals surface area contributed by atoms with E-state index in [1.807, 2.05) is 43.3 Å². The van der Waals surface area contributed by atoms with Crippen LogP contribution in [-0.2, 0) is 9.53 Å². The minimum atomic E-state index is -0.166.